The zero-order valence-electron chi connectivity index (χ0n) is 20.5. The molecule has 0 fully saturated rings. The molecule has 0 amide bonds. The van der Waals surface area contributed by atoms with Crippen molar-refractivity contribution >= 4 is 38.8 Å². The molecule has 0 saturated carbocycles. The number of fused-ring (bicyclic) bond motifs is 4. The van der Waals surface area contributed by atoms with Crippen LogP contribution in [0.2, 0.25) is 0 Å². The van der Waals surface area contributed by atoms with Gasteiger partial charge in [-0.25, -0.2) is 9.78 Å². The lowest BCUT2D eigenvalue weighted by Crippen LogP contribution is -2.03. The van der Waals surface area contributed by atoms with E-state index in [9.17, 15) is 4.79 Å². The fourth-order valence-electron chi connectivity index (χ4n) is 4.81. The molecule has 0 N–H and O–H groups in total. The summed E-state index contributed by atoms with van der Waals surface area (Å²) in [5.41, 5.74) is 8.20. The second-order valence-corrected chi connectivity index (χ2v) is 9.61. The van der Waals surface area contributed by atoms with E-state index in [4.69, 9.17) is 14.1 Å². The summed E-state index contributed by atoms with van der Waals surface area (Å²) in [6.07, 6.45) is 0. The van der Waals surface area contributed by atoms with E-state index in [0.717, 1.165) is 55.2 Å². The first kappa shape index (κ1) is 22.1. The average molecular weight is 452 g/mol. The number of hydrogen-bond acceptors (Lipinski definition) is 4. The van der Waals surface area contributed by atoms with Gasteiger partial charge in [0, 0.05) is 21.7 Å². The number of furan rings is 1. The van der Waals surface area contributed by atoms with Crippen LogP contribution in [-0.2, 0) is 4.74 Å². The topological polar surface area (TPSA) is 52.3 Å². The Labute approximate surface area is 199 Å². The molecule has 4 nitrogen and oxygen atoms in total. The summed E-state index contributed by atoms with van der Waals surface area (Å²) in [4.78, 5) is 17.8. The summed E-state index contributed by atoms with van der Waals surface area (Å²) in [6, 6.07) is 18.5. The van der Waals surface area contributed by atoms with Crippen molar-refractivity contribution < 1.29 is 13.9 Å². The number of pyridine rings is 1. The Morgan fingerprint density at radius 3 is 2.21 bits per heavy atom. The highest BCUT2D eigenvalue weighted by Crippen LogP contribution is 2.43. The Kier molecular flexibility index (Phi) is 5.40. The van der Waals surface area contributed by atoms with Gasteiger partial charge < -0.3 is 9.15 Å². The van der Waals surface area contributed by atoms with Crippen molar-refractivity contribution in [3.8, 4) is 11.3 Å². The summed E-state index contributed by atoms with van der Waals surface area (Å²) in [5.74, 6) is 0.127. The minimum absolute atomic E-state index is 0.239. The molecule has 2 aromatic heterocycles. The normalized spacial score (nSPS) is 11.9. The number of esters is 1. The Bertz CT molecular complexity index is 1570. The third kappa shape index (κ3) is 3.45. The van der Waals surface area contributed by atoms with E-state index in [2.05, 4.69) is 77.1 Å². The standard InChI is InChI=1S/C30H29NO3/c1-16(2)20-9-11-22(25-14-8-19-15-18(5)7-13-24(19)31-25)26-27-23(30(32)33-6)12-10-21(17(3)4)29(27)34-28(20)26/h7-17H,1-6H3. The lowest BCUT2D eigenvalue weighted by Gasteiger charge is -2.11. The number of nitrogens with zero attached hydrogens (tertiary/aromatic N) is 1. The molecule has 0 aliphatic heterocycles. The van der Waals surface area contributed by atoms with Gasteiger partial charge in [-0.05, 0) is 54.2 Å². The van der Waals surface area contributed by atoms with E-state index in [1.165, 1.54) is 12.7 Å². The maximum Gasteiger partial charge on any atom is 0.338 e. The molecule has 0 unspecified atom stereocenters. The first-order chi connectivity index (χ1) is 16.3. The van der Waals surface area contributed by atoms with Crippen LogP contribution in [0, 0.1) is 6.92 Å². The number of carbonyl (C=O) groups is 1. The number of hydrogen-bond donors (Lipinski definition) is 0. The van der Waals surface area contributed by atoms with Crippen LogP contribution in [0.25, 0.3) is 44.1 Å². The van der Waals surface area contributed by atoms with Crippen LogP contribution in [0.3, 0.4) is 0 Å². The number of rotatable bonds is 4. The Hall–Kier alpha value is -3.66. The van der Waals surface area contributed by atoms with Crippen molar-refractivity contribution in [1.29, 1.82) is 0 Å². The quantitative estimate of drug-likeness (QED) is 0.259. The summed E-state index contributed by atoms with van der Waals surface area (Å²) < 4.78 is 11.8. The van der Waals surface area contributed by atoms with Crippen LogP contribution >= 0.6 is 0 Å². The molecule has 0 bridgehead atoms. The molecule has 4 heteroatoms. The molecule has 0 atom stereocenters. The summed E-state index contributed by atoms with van der Waals surface area (Å²) in [7, 11) is 1.42. The SMILES string of the molecule is COC(=O)c1ccc(C(C)C)c2oc3c(C(C)C)ccc(-c4ccc5cc(C)ccc5n4)c3c12. The first-order valence-electron chi connectivity index (χ1n) is 11.8. The van der Waals surface area contributed by atoms with Crippen molar-refractivity contribution in [2.24, 2.45) is 0 Å². The van der Waals surface area contributed by atoms with Gasteiger partial charge in [-0.15, -0.1) is 0 Å². The van der Waals surface area contributed by atoms with Crippen molar-refractivity contribution in [3.05, 3.63) is 76.9 Å². The predicted octanol–water partition coefficient (Wildman–Crippen LogP) is 8.14. The van der Waals surface area contributed by atoms with Gasteiger partial charge in [0.15, 0.2) is 0 Å². The Morgan fingerprint density at radius 2 is 1.53 bits per heavy atom. The predicted molar refractivity (Wildman–Crippen MR) is 139 cm³/mol. The molecule has 0 aliphatic rings. The number of ether oxygens (including phenoxy) is 1. The van der Waals surface area contributed by atoms with Gasteiger partial charge in [0.25, 0.3) is 0 Å². The van der Waals surface area contributed by atoms with Gasteiger partial charge in [-0.1, -0.05) is 63.6 Å². The highest BCUT2D eigenvalue weighted by atomic mass is 16.5. The van der Waals surface area contributed by atoms with Crippen molar-refractivity contribution in [1.82, 2.24) is 4.98 Å². The molecule has 3 aromatic carbocycles. The molecule has 0 spiro atoms. The van der Waals surface area contributed by atoms with Crippen LogP contribution in [-0.4, -0.2) is 18.1 Å². The zero-order valence-corrected chi connectivity index (χ0v) is 20.5. The van der Waals surface area contributed by atoms with E-state index in [1.807, 2.05) is 12.1 Å². The molecular weight excluding hydrogens is 422 g/mol. The van der Waals surface area contributed by atoms with Gasteiger partial charge >= 0.3 is 5.97 Å². The van der Waals surface area contributed by atoms with Crippen LogP contribution in [0.15, 0.2) is 59.0 Å². The van der Waals surface area contributed by atoms with Crippen LogP contribution in [0.1, 0.15) is 66.6 Å². The minimum atomic E-state index is -0.370. The Morgan fingerprint density at radius 1 is 0.853 bits per heavy atom. The zero-order chi connectivity index (χ0) is 24.1. The maximum absolute atomic E-state index is 12.8. The lowest BCUT2D eigenvalue weighted by atomic mass is 9.92. The van der Waals surface area contributed by atoms with E-state index in [0.29, 0.717) is 5.56 Å². The maximum atomic E-state index is 12.8. The number of aryl methyl sites for hydroxylation is 1. The fraction of sp³-hybridized carbons (Fsp3) is 0.267. The van der Waals surface area contributed by atoms with Crippen LogP contribution in [0.5, 0.6) is 0 Å². The van der Waals surface area contributed by atoms with Crippen LogP contribution in [0.4, 0.5) is 0 Å². The number of carbonyl (C=O) groups excluding carboxylic acids is 1. The monoisotopic (exact) mass is 451 g/mol. The third-order valence-corrected chi connectivity index (χ3v) is 6.60. The molecule has 2 heterocycles. The molecule has 0 radical (unpaired) electrons. The second-order valence-electron chi connectivity index (χ2n) is 9.61. The molecule has 5 aromatic rings. The number of methoxy groups -OCH3 is 1. The van der Waals surface area contributed by atoms with Crippen molar-refractivity contribution in [2.45, 2.75) is 46.5 Å². The second kappa shape index (κ2) is 8.28. The molecule has 172 valence electrons. The van der Waals surface area contributed by atoms with Gasteiger partial charge in [0.05, 0.1) is 23.9 Å². The highest BCUT2D eigenvalue weighted by molar-refractivity contribution is 6.20. The number of aromatic nitrogens is 1. The molecule has 34 heavy (non-hydrogen) atoms. The van der Waals surface area contributed by atoms with Gasteiger partial charge in [0.2, 0.25) is 0 Å². The van der Waals surface area contributed by atoms with Crippen molar-refractivity contribution in [3.63, 3.8) is 0 Å². The average Bonchev–Trinajstić information content (AvgIpc) is 3.22. The fourth-order valence-corrected chi connectivity index (χ4v) is 4.81. The van der Waals surface area contributed by atoms with E-state index < -0.39 is 0 Å². The lowest BCUT2D eigenvalue weighted by molar-refractivity contribution is 0.0603. The first-order valence-corrected chi connectivity index (χ1v) is 11.8. The molecule has 0 aliphatic carbocycles. The summed E-state index contributed by atoms with van der Waals surface area (Å²) in [5, 5.41) is 2.83. The van der Waals surface area contributed by atoms with Gasteiger partial charge in [0.1, 0.15) is 11.2 Å². The summed E-state index contributed by atoms with van der Waals surface area (Å²) in [6.45, 7) is 10.7. The van der Waals surface area contributed by atoms with E-state index in [1.54, 1.807) is 0 Å². The minimum Gasteiger partial charge on any atom is -0.465 e. The largest absolute Gasteiger partial charge is 0.465 e. The van der Waals surface area contributed by atoms with Gasteiger partial charge in [-0.3, -0.25) is 0 Å². The molecular formula is C30H29NO3. The van der Waals surface area contributed by atoms with E-state index in [-0.39, 0.29) is 17.8 Å². The van der Waals surface area contributed by atoms with Crippen LogP contribution < -0.4 is 0 Å². The third-order valence-electron chi connectivity index (χ3n) is 6.60. The number of benzene rings is 3. The van der Waals surface area contributed by atoms with E-state index >= 15 is 0 Å². The Balaban J connectivity index is 1.94. The summed E-state index contributed by atoms with van der Waals surface area (Å²) >= 11 is 0. The highest BCUT2D eigenvalue weighted by Gasteiger charge is 2.25. The van der Waals surface area contributed by atoms with Crippen molar-refractivity contribution in [2.75, 3.05) is 7.11 Å². The van der Waals surface area contributed by atoms with Gasteiger partial charge in [-0.2, -0.15) is 0 Å². The molecule has 5 rings (SSSR count). The smallest absolute Gasteiger partial charge is 0.338 e. The molecule has 0 saturated heterocycles.